The molecule has 0 saturated heterocycles. The fourth-order valence-corrected chi connectivity index (χ4v) is 3.76. The summed E-state index contributed by atoms with van der Waals surface area (Å²) in [6.45, 7) is 3.15. The van der Waals surface area contributed by atoms with E-state index in [1.807, 2.05) is 0 Å². The van der Waals surface area contributed by atoms with Crippen LogP contribution in [0.1, 0.15) is 40.5 Å². The number of amides is 2. The van der Waals surface area contributed by atoms with E-state index in [-0.39, 0.29) is 35.4 Å². The van der Waals surface area contributed by atoms with Crippen molar-refractivity contribution in [2.75, 3.05) is 14.2 Å². The molecule has 176 valence electrons. The van der Waals surface area contributed by atoms with Crippen LogP contribution in [0.2, 0.25) is 0 Å². The molecule has 4 rings (SSSR count). The third-order valence-electron chi connectivity index (χ3n) is 5.42. The van der Waals surface area contributed by atoms with Gasteiger partial charge in [-0.2, -0.15) is 4.98 Å². The summed E-state index contributed by atoms with van der Waals surface area (Å²) in [5, 5.41) is 3.91. The van der Waals surface area contributed by atoms with Crippen LogP contribution < -0.4 is 9.47 Å². The second-order valence-electron chi connectivity index (χ2n) is 7.90. The third-order valence-corrected chi connectivity index (χ3v) is 5.42. The first-order valence-electron chi connectivity index (χ1n) is 10.5. The van der Waals surface area contributed by atoms with Crippen molar-refractivity contribution in [3.63, 3.8) is 0 Å². The van der Waals surface area contributed by atoms with Crippen molar-refractivity contribution in [2.24, 2.45) is 5.92 Å². The number of ether oxygens (including phenoxy) is 3. The molecule has 10 heteroatoms. The molecule has 1 atom stereocenters. The Morgan fingerprint density at radius 1 is 1.00 bits per heavy atom. The molecular weight excluding hydrogens is 442 g/mol. The minimum atomic E-state index is -1.10. The summed E-state index contributed by atoms with van der Waals surface area (Å²) < 4.78 is 21.1. The fraction of sp³-hybridized carbons (Fsp3) is 0.292. The Kier molecular flexibility index (Phi) is 6.31. The lowest BCUT2D eigenvalue weighted by molar-refractivity contribution is -0.152. The Hall–Kier alpha value is -4.21. The van der Waals surface area contributed by atoms with Crippen LogP contribution in [0.4, 0.5) is 0 Å². The Morgan fingerprint density at radius 2 is 1.65 bits per heavy atom. The van der Waals surface area contributed by atoms with Gasteiger partial charge in [-0.1, -0.05) is 31.1 Å². The molecule has 1 aliphatic rings. The van der Waals surface area contributed by atoms with Gasteiger partial charge in [-0.3, -0.25) is 14.5 Å². The maximum absolute atomic E-state index is 12.9. The summed E-state index contributed by atoms with van der Waals surface area (Å²) in [5.74, 6) is -0.782. The summed E-state index contributed by atoms with van der Waals surface area (Å²) in [6, 6.07) is 10.5. The van der Waals surface area contributed by atoms with E-state index in [4.69, 9.17) is 18.7 Å². The number of methoxy groups -OCH3 is 2. The number of imide groups is 1. The van der Waals surface area contributed by atoms with Crippen molar-refractivity contribution in [3.8, 4) is 22.9 Å². The summed E-state index contributed by atoms with van der Waals surface area (Å²) in [6.07, 6.45) is 0. The van der Waals surface area contributed by atoms with Crippen molar-refractivity contribution in [1.82, 2.24) is 15.0 Å². The van der Waals surface area contributed by atoms with Crippen LogP contribution in [0, 0.1) is 5.92 Å². The van der Waals surface area contributed by atoms with Gasteiger partial charge in [0.25, 0.3) is 17.7 Å². The quantitative estimate of drug-likeness (QED) is 0.365. The van der Waals surface area contributed by atoms with Crippen LogP contribution >= 0.6 is 0 Å². The predicted molar refractivity (Wildman–Crippen MR) is 118 cm³/mol. The highest BCUT2D eigenvalue weighted by molar-refractivity contribution is 6.22. The standard InChI is InChI=1S/C24H23N3O7/c1-13(2)20(27-22(28)15-7-5-6-8-16(15)23(27)29)24(30)33-12-19-25-21(26-34-19)14-9-10-17(31-3)18(11-14)32-4/h5-11,13,20H,12H2,1-4H3/t20-/m0/s1. The topological polar surface area (TPSA) is 121 Å². The lowest BCUT2D eigenvalue weighted by atomic mass is 10.0. The molecule has 2 aromatic carbocycles. The van der Waals surface area contributed by atoms with Crippen LogP contribution in [0.25, 0.3) is 11.4 Å². The number of carbonyl (C=O) groups is 3. The minimum absolute atomic E-state index is 0.0583. The highest BCUT2D eigenvalue weighted by Gasteiger charge is 2.44. The first kappa shape index (κ1) is 23.0. The van der Waals surface area contributed by atoms with Crippen LogP contribution in [0.3, 0.4) is 0 Å². The van der Waals surface area contributed by atoms with E-state index in [1.165, 1.54) is 14.2 Å². The summed E-state index contributed by atoms with van der Waals surface area (Å²) in [7, 11) is 3.05. The molecule has 1 aliphatic heterocycles. The van der Waals surface area contributed by atoms with E-state index in [2.05, 4.69) is 10.1 Å². The minimum Gasteiger partial charge on any atom is -0.493 e. The van der Waals surface area contributed by atoms with Gasteiger partial charge in [-0.05, 0) is 36.2 Å². The number of carbonyl (C=O) groups excluding carboxylic acids is 3. The molecule has 2 amide bonds. The molecule has 10 nitrogen and oxygen atoms in total. The molecule has 34 heavy (non-hydrogen) atoms. The van der Waals surface area contributed by atoms with E-state index in [0.717, 1.165) is 4.90 Å². The third kappa shape index (κ3) is 4.09. The molecule has 0 radical (unpaired) electrons. The van der Waals surface area contributed by atoms with Gasteiger partial charge in [0.05, 0.1) is 25.3 Å². The highest BCUT2D eigenvalue weighted by atomic mass is 16.6. The average molecular weight is 465 g/mol. The van der Waals surface area contributed by atoms with Crippen LogP contribution in [0.15, 0.2) is 47.0 Å². The number of rotatable bonds is 8. The van der Waals surface area contributed by atoms with Crippen molar-refractivity contribution >= 4 is 17.8 Å². The van der Waals surface area contributed by atoms with E-state index in [1.54, 1.807) is 56.3 Å². The van der Waals surface area contributed by atoms with Gasteiger partial charge < -0.3 is 18.7 Å². The molecular formula is C24H23N3O7. The van der Waals surface area contributed by atoms with Gasteiger partial charge in [-0.25, -0.2) is 4.79 Å². The fourth-order valence-electron chi connectivity index (χ4n) is 3.76. The molecule has 0 fully saturated rings. The average Bonchev–Trinajstić information content (AvgIpc) is 3.41. The zero-order valence-electron chi connectivity index (χ0n) is 19.1. The SMILES string of the molecule is COc1ccc(-c2noc(COC(=O)[C@H](C(C)C)N3C(=O)c4ccccc4C3=O)n2)cc1OC. The highest BCUT2D eigenvalue weighted by Crippen LogP contribution is 2.31. The molecule has 2 heterocycles. The van der Waals surface area contributed by atoms with Crippen LogP contribution in [-0.4, -0.2) is 53.1 Å². The van der Waals surface area contributed by atoms with Crippen LogP contribution in [-0.2, 0) is 16.1 Å². The molecule has 1 aromatic heterocycles. The van der Waals surface area contributed by atoms with E-state index in [9.17, 15) is 14.4 Å². The number of nitrogens with zero attached hydrogens (tertiary/aromatic N) is 3. The van der Waals surface area contributed by atoms with E-state index >= 15 is 0 Å². The maximum Gasteiger partial charge on any atom is 0.330 e. The lowest BCUT2D eigenvalue weighted by Crippen LogP contribution is -2.48. The number of esters is 1. The van der Waals surface area contributed by atoms with Gasteiger partial charge in [0, 0.05) is 5.56 Å². The number of aromatic nitrogens is 2. The van der Waals surface area contributed by atoms with Gasteiger partial charge in [0.2, 0.25) is 5.82 Å². The first-order valence-corrected chi connectivity index (χ1v) is 10.5. The first-order chi connectivity index (χ1) is 16.3. The largest absolute Gasteiger partial charge is 0.493 e. The van der Waals surface area contributed by atoms with Gasteiger partial charge in [0.1, 0.15) is 6.04 Å². The van der Waals surface area contributed by atoms with Gasteiger partial charge in [0.15, 0.2) is 18.1 Å². The Bertz CT molecular complexity index is 1220. The normalized spacial score (nSPS) is 13.7. The van der Waals surface area contributed by atoms with Gasteiger partial charge >= 0.3 is 5.97 Å². The zero-order chi connectivity index (χ0) is 24.4. The zero-order valence-corrected chi connectivity index (χ0v) is 19.1. The second-order valence-corrected chi connectivity index (χ2v) is 7.90. The number of hydrogen-bond acceptors (Lipinski definition) is 9. The van der Waals surface area contributed by atoms with Crippen molar-refractivity contribution < 1.29 is 33.1 Å². The predicted octanol–water partition coefficient (Wildman–Crippen LogP) is 3.12. The summed E-state index contributed by atoms with van der Waals surface area (Å²) in [5.41, 5.74) is 1.15. The molecule has 0 unspecified atom stereocenters. The smallest absolute Gasteiger partial charge is 0.330 e. The lowest BCUT2D eigenvalue weighted by Gasteiger charge is -2.27. The monoisotopic (exact) mass is 465 g/mol. The number of benzene rings is 2. The molecule has 0 aliphatic carbocycles. The Balaban J connectivity index is 1.48. The Labute approximate surface area is 195 Å². The molecule has 0 N–H and O–H groups in total. The molecule has 0 bridgehead atoms. The number of fused-ring (bicyclic) bond motifs is 1. The van der Waals surface area contributed by atoms with Crippen molar-refractivity contribution in [3.05, 3.63) is 59.5 Å². The summed E-state index contributed by atoms with van der Waals surface area (Å²) in [4.78, 5) is 43.8. The van der Waals surface area contributed by atoms with Crippen molar-refractivity contribution in [1.29, 1.82) is 0 Å². The Morgan fingerprint density at radius 3 is 2.24 bits per heavy atom. The van der Waals surface area contributed by atoms with Crippen LogP contribution in [0.5, 0.6) is 11.5 Å². The van der Waals surface area contributed by atoms with E-state index in [0.29, 0.717) is 17.1 Å². The van der Waals surface area contributed by atoms with E-state index < -0.39 is 23.8 Å². The molecule has 0 spiro atoms. The maximum atomic E-state index is 12.9. The van der Waals surface area contributed by atoms with Crippen molar-refractivity contribution in [2.45, 2.75) is 26.5 Å². The summed E-state index contributed by atoms with van der Waals surface area (Å²) >= 11 is 0. The second kappa shape index (κ2) is 9.34. The molecule has 3 aromatic rings. The molecule has 0 saturated carbocycles. The number of hydrogen-bond donors (Lipinski definition) is 0. The van der Waals surface area contributed by atoms with Gasteiger partial charge in [-0.15, -0.1) is 0 Å².